The predicted octanol–water partition coefficient (Wildman–Crippen LogP) is 20.5. The number of benzene rings is 12. The molecule has 15 rings (SSSR count). The maximum Gasteiger partial charge on any atom is 0.143 e. The van der Waals surface area contributed by atoms with E-state index in [0.29, 0.717) is 0 Å². The lowest BCUT2D eigenvalue weighted by molar-refractivity contribution is 0.670. The van der Waals surface area contributed by atoms with Crippen molar-refractivity contribution in [2.75, 3.05) is 4.90 Å². The minimum absolute atomic E-state index is 0.480. The van der Waals surface area contributed by atoms with Crippen LogP contribution in [0.1, 0.15) is 22.3 Å². The van der Waals surface area contributed by atoms with Gasteiger partial charge in [0, 0.05) is 53.6 Å². The van der Waals surface area contributed by atoms with E-state index in [-0.39, 0.29) is 0 Å². The Morgan fingerprint density at radius 1 is 0.289 bits per heavy atom. The summed E-state index contributed by atoms with van der Waals surface area (Å²) in [7, 11) is 0. The fourth-order valence-corrected chi connectivity index (χ4v) is 13.3. The Bertz CT molecular complexity index is 4450. The molecule has 2 aromatic heterocycles. The molecule has 356 valence electrons. The van der Waals surface area contributed by atoms with Crippen LogP contribution in [0.2, 0.25) is 0 Å². The van der Waals surface area contributed by atoms with Crippen molar-refractivity contribution in [3.8, 4) is 55.6 Å². The minimum atomic E-state index is -0.480. The van der Waals surface area contributed by atoms with Crippen molar-refractivity contribution in [2.45, 2.75) is 5.41 Å². The molecule has 3 heteroatoms. The van der Waals surface area contributed by atoms with E-state index >= 15 is 0 Å². The molecule has 0 saturated heterocycles. The number of nitrogens with zero attached hydrogens (tertiary/aromatic N) is 1. The summed E-state index contributed by atoms with van der Waals surface area (Å²) in [6.07, 6.45) is 0. The van der Waals surface area contributed by atoms with Gasteiger partial charge in [-0.1, -0.05) is 218 Å². The zero-order valence-electron chi connectivity index (χ0n) is 41.4. The lowest BCUT2D eigenvalue weighted by atomic mass is 9.68. The smallest absolute Gasteiger partial charge is 0.143 e. The first-order valence-electron chi connectivity index (χ1n) is 26.0. The van der Waals surface area contributed by atoms with Gasteiger partial charge in [0.25, 0.3) is 0 Å². The summed E-state index contributed by atoms with van der Waals surface area (Å²) in [6.45, 7) is 0. The SMILES string of the molecule is c1ccc(C2(c3ccccc3)c3ccccc3-c3cc(N(c4ccc(-c5ccc(-c6ccc7sc8ccccc8c7c6)cc5)cc4)c4ccc(-c5cccc(-c6cccc7c6oc6ccccc67)c5)cc4)ccc32)cc1. The van der Waals surface area contributed by atoms with Gasteiger partial charge in [-0.3, -0.25) is 0 Å². The van der Waals surface area contributed by atoms with E-state index in [9.17, 15) is 0 Å². The van der Waals surface area contributed by atoms with Crippen molar-refractivity contribution >= 4 is 70.5 Å². The first-order chi connectivity index (χ1) is 37.7. The Hall–Kier alpha value is -9.54. The zero-order chi connectivity index (χ0) is 50.2. The number of thiophene rings is 1. The Kier molecular flexibility index (Phi) is 10.3. The molecule has 1 aliphatic carbocycles. The lowest BCUT2D eigenvalue weighted by Crippen LogP contribution is -2.28. The van der Waals surface area contributed by atoms with Crippen molar-refractivity contribution in [1.29, 1.82) is 0 Å². The largest absolute Gasteiger partial charge is 0.455 e. The van der Waals surface area contributed by atoms with Crippen molar-refractivity contribution < 1.29 is 4.42 Å². The second-order valence-corrected chi connectivity index (χ2v) is 21.0. The average molecular weight is 986 g/mol. The Morgan fingerprint density at radius 2 is 0.789 bits per heavy atom. The van der Waals surface area contributed by atoms with E-state index in [4.69, 9.17) is 4.42 Å². The highest BCUT2D eigenvalue weighted by atomic mass is 32.1. The van der Waals surface area contributed by atoms with Crippen LogP contribution in [-0.4, -0.2) is 0 Å². The molecule has 0 radical (unpaired) electrons. The van der Waals surface area contributed by atoms with Gasteiger partial charge in [0.2, 0.25) is 0 Å². The average Bonchev–Trinajstić information content (AvgIpc) is 4.31. The Labute approximate surface area is 445 Å². The van der Waals surface area contributed by atoms with Gasteiger partial charge in [0.1, 0.15) is 11.2 Å². The molecule has 1 aliphatic rings. The minimum Gasteiger partial charge on any atom is -0.455 e. The Morgan fingerprint density at radius 3 is 1.51 bits per heavy atom. The van der Waals surface area contributed by atoms with Gasteiger partial charge < -0.3 is 9.32 Å². The number of fused-ring (bicyclic) bond motifs is 9. The molecular formula is C73H47NOS. The predicted molar refractivity (Wildman–Crippen MR) is 320 cm³/mol. The van der Waals surface area contributed by atoms with E-state index < -0.39 is 5.41 Å². The van der Waals surface area contributed by atoms with Gasteiger partial charge in [-0.05, 0) is 139 Å². The van der Waals surface area contributed by atoms with Crippen molar-refractivity contribution in [3.63, 3.8) is 0 Å². The number of furan rings is 1. The van der Waals surface area contributed by atoms with Crippen LogP contribution in [0, 0.1) is 0 Å². The van der Waals surface area contributed by atoms with Crippen molar-refractivity contribution in [2.24, 2.45) is 0 Å². The van der Waals surface area contributed by atoms with E-state index in [1.54, 1.807) is 0 Å². The summed E-state index contributed by atoms with van der Waals surface area (Å²) < 4.78 is 9.13. The van der Waals surface area contributed by atoms with Crippen LogP contribution in [0.5, 0.6) is 0 Å². The fraction of sp³-hybridized carbons (Fsp3) is 0.0137. The summed E-state index contributed by atoms with van der Waals surface area (Å²) in [6, 6.07) is 104. The second-order valence-electron chi connectivity index (χ2n) is 19.9. The second kappa shape index (κ2) is 17.8. The number of rotatable bonds is 9. The number of para-hydroxylation sites is 2. The summed E-state index contributed by atoms with van der Waals surface area (Å²) in [5, 5.41) is 4.91. The molecule has 2 nitrogen and oxygen atoms in total. The normalized spacial score (nSPS) is 12.6. The molecule has 0 amide bonds. The molecule has 0 fully saturated rings. The molecule has 0 spiro atoms. The molecule has 0 bridgehead atoms. The third-order valence-electron chi connectivity index (χ3n) is 15.8. The van der Waals surface area contributed by atoms with Crippen LogP contribution in [-0.2, 0) is 5.41 Å². The number of hydrogen-bond donors (Lipinski definition) is 0. The van der Waals surface area contributed by atoms with E-state index in [1.165, 1.54) is 75.8 Å². The topological polar surface area (TPSA) is 16.4 Å². The van der Waals surface area contributed by atoms with Gasteiger partial charge in [0.15, 0.2) is 0 Å². The zero-order valence-corrected chi connectivity index (χ0v) is 42.2. The summed E-state index contributed by atoms with van der Waals surface area (Å²) >= 11 is 1.86. The van der Waals surface area contributed by atoms with Gasteiger partial charge in [-0.25, -0.2) is 0 Å². The molecule has 0 aliphatic heterocycles. The fourth-order valence-electron chi connectivity index (χ4n) is 12.2. The summed E-state index contributed by atoms with van der Waals surface area (Å²) in [5.41, 5.74) is 21.4. The first-order valence-corrected chi connectivity index (χ1v) is 26.9. The molecule has 14 aromatic rings. The third-order valence-corrected chi connectivity index (χ3v) is 16.9. The standard InChI is InChI=1S/C73H47NOS/c1-3-17-55(18-4-1)73(56-19-5-2-6-20-56)67-26-10-7-21-61(67)65-47-59(42-43-68(65)73)74(57-38-33-49(34-39-57)48-29-31-50(32-30-48)53-37-44-71-66(46-53)63-23-9-12-28-70(63)76-71)58-40-35-51(36-41-58)52-15-13-16-54(45-52)60-24-14-25-64-62-22-8-11-27-69(62)75-72(60)64/h1-47H. The van der Waals surface area contributed by atoms with E-state index in [0.717, 1.165) is 61.3 Å². The molecule has 0 N–H and O–H groups in total. The van der Waals surface area contributed by atoms with Crippen molar-refractivity contribution in [1.82, 2.24) is 0 Å². The highest BCUT2D eigenvalue weighted by Gasteiger charge is 2.46. The van der Waals surface area contributed by atoms with Gasteiger partial charge in [-0.15, -0.1) is 11.3 Å². The maximum atomic E-state index is 6.48. The lowest BCUT2D eigenvalue weighted by Gasteiger charge is -2.34. The van der Waals surface area contributed by atoms with Crippen molar-refractivity contribution in [3.05, 3.63) is 307 Å². The van der Waals surface area contributed by atoms with E-state index in [1.807, 2.05) is 23.5 Å². The van der Waals surface area contributed by atoms with Gasteiger partial charge >= 0.3 is 0 Å². The number of hydrogen-bond acceptors (Lipinski definition) is 3. The monoisotopic (exact) mass is 985 g/mol. The highest BCUT2D eigenvalue weighted by Crippen LogP contribution is 2.57. The maximum absolute atomic E-state index is 6.48. The van der Waals surface area contributed by atoms with Gasteiger partial charge in [-0.2, -0.15) is 0 Å². The molecule has 0 unspecified atom stereocenters. The molecule has 0 saturated carbocycles. The third kappa shape index (κ3) is 7.08. The Balaban J connectivity index is 0.822. The van der Waals surface area contributed by atoms with Crippen LogP contribution < -0.4 is 4.90 Å². The molecule has 76 heavy (non-hydrogen) atoms. The summed E-state index contributed by atoms with van der Waals surface area (Å²) in [5.74, 6) is 0. The molecule has 0 atom stereocenters. The quantitative estimate of drug-likeness (QED) is 0.143. The van der Waals surface area contributed by atoms with Crippen LogP contribution in [0.3, 0.4) is 0 Å². The van der Waals surface area contributed by atoms with Crippen LogP contribution in [0.25, 0.3) is 97.7 Å². The molecular weight excluding hydrogens is 939 g/mol. The number of anilines is 3. The van der Waals surface area contributed by atoms with Crippen LogP contribution >= 0.6 is 11.3 Å². The summed E-state index contributed by atoms with van der Waals surface area (Å²) in [4.78, 5) is 2.41. The van der Waals surface area contributed by atoms with Crippen LogP contribution in [0.4, 0.5) is 17.1 Å². The highest BCUT2D eigenvalue weighted by molar-refractivity contribution is 7.25. The molecule has 12 aromatic carbocycles. The van der Waals surface area contributed by atoms with E-state index in [2.05, 4.69) is 278 Å². The first kappa shape index (κ1) is 44.0. The van der Waals surface area contributed by atoms with Crippen LogP contribution in [0.15, 0.2) is 290 Å². The molecule has 2 heterocycles. The van der Waals surface area contributed by atoms with Gasteiger partial charge in [0.05, 0.1) is 5.41 Å².